The van der Waals surface area contributed by atoms with Crippen LogP contribution in [0.25, 0.3) is 0 Å². The molecular weight excluding hydrogens is 318 g/mol. The summed E-state index contributed by atoms with van der Waals surface area (Å²) in [4.78, 5) is 27.8. The smallest absolute Gasteiger partial charge is 0.342 e. The lowest BCUT2D eigenvalue weighted by molar-refractivity contribution is -0.123. The number of carbonyl (C=O) groups excluding carboxylic acids is 2. The first-order valence-electron chi connectivity index (χ1n) is 6.64. The lowest BCUT2D eigenvalue weighted by Gasteiger charge is -2.14. The highest BCUT2D eigenvalue weighted by Crippen LogP contribution is 2.15. The van der Waals surface area contributed by atoms with Crippen molar-refractivity contribution in [2.45, 2.75) is 13.0 Å². The van der Waals surface area contributed by atoms with Crippen LogP contribution in [0.5, 0.6) is 0 Å². The van der Waals surface area contributed by atoms with Crippen LogP contribution < -0.4 is 5.32 Å². The third kappa shape index (κ3) is 4.28. The van der Waals surface area contributed by atoms with Crippen molar-refractivity contribution in [1.82, 2.24) is 4.98 Å². The summed E-state index contributed by atoms with van der Waals surface area (Å²) in [5, 5.41) is 11.4. The number of hydrogen-bond donors (Lipinski definition) is 1. The molecule has 0 unspecified atom stereocenters. The Hall–Kier alpha value is -2.91. The van der Waals surface area contributed by atoms with Gasteiger partial charge in [-0.2, -0.15) is 5.26 Å². The molecule has 0 aliphatic rings. The van der Waals surface area contributed by atoms with Gasteiger partial charge in [-0.1, -0.05) is 17.7 Å². The topological polar surface area (TPSA) is 92.1 Å². The molecule has 1 aromatic carbocycles. The molecule has 0 bridgehead atoms. The third-order valence-corrected chi connectivity index (χ3v) is 3.19. The van der Waals surface area contributed by atoms with Crippen LogP contribution in [-0.4, -0.2) is 23.0 Å². The average Bonchev–Trinajstić information content (AvgIpc) is 2.55. The highest BCUT2D eigenvalue weighted by molar-refractivity contribution is 6.32. The van der Waals surface area contributed by atoms with Crippen molar-refractivity contribution in [2.75, 3.05) is 5.32 Å². The van der Waals surface area contributed by atoms with E-state index in [0.29, 0.717) is 11.3 Å². The van der Waals surface area contributed by atoms with E-state index < -0.39 is 18.0 Å². The van der Waals surface area contributed by atoms with Crippen LogP contribution in [0, 0.1) is 11.3 Å². The zero-order valence-electron chi connectivity index (χ0n) is 12.1. The zero-order valence-corrected chi connectivity index (χ0v) is 12.9. The van der Waals surface area contributed by atoms with Crippen molar-refractivity contribution < 1.29 is 14.3 Å². The van der Waals surface area contributed by atoms with Crippen molar-refractivity contribution in [1.29, 1.82) is 5.26 Å². The Balaban J connectivity index is 2.01. The Morgan fingerprint density at radius 2 is 2.13 bits per heavy atom. The largest absolute Gasteiger partial charge is 0.449 e. The van der Waals surface area contributed by atoms with E-state index in [2.05, 4.69) is 10.3 Å². The van der Waals surface area contributed by atoms with Gasteiger partial charge in [-0.25, -0.2) is 9.78 Å². The maximum absolute atomic E-state index is 12.0. The van der Waals surface area contributed by atoms with Gasteiger partial charge in [0.25, 0.3) is 5.91 Å². The molecule has 0 fully saturated rings. The molecule has 2 rings (SSSR count). The third-order valence-electron chi connectivity index (χ3n) is 2.89. The Bertz CT molecular complexity index is 786. The van der Waals surface area contributed by atoms with E-state index in [0.717, 1.165) is 0 Å². The molecule has 0 radical (unpaired) electrons. The fourth-order valence-electron chi connectivity index (χ4n) is 1.73. The molecular formula is C16H12ClN3O3. The van der Waals surface area contributed by atoms with E-state index in [1.165, 1.54) is 25.3 Å². The van der Waals surface area contributed by atoms with E-state index in [1.54, 1.807) is 24.3 Å². The predicted octanol–water partition coefficient (Wildman–Crippen LogP) is 2.79. The summed E-state index contributed by atoms with van der Waals surface area (Å²) in [6.07, 6.45) is 0.404. The molecule has 23 heavy (non-hydrogen) atoms. The molecule has 0 spiro atoms. The van der Waals surface area contributed by atoms with Gasteiger partial charge in [-0.3, -0.25) is 4.79 Å². The summed E-state index contributed by atoms with van der Waals surface area (Å²) in [6, 6.07) is 11.4. The maximum atomic E-state index is 12.0. The van der Waals surface area contributed by atoms with Crippen molar-refractivity contribution in [2.24, 2.45) is 0 Å². The normalized spacial score (nSPS) is 11.2. The molecule has 2 aromatic rings. The maximum Gasteiger partial charge on any atom is 0.342 e. The minimum absolute atomic E-state index is 0.00632. The van der Waals surface area contributed by atoms with Crippen molar-refractivity contribution >= 4 is 29.2 Å². The first-order valence-corrected chi connectivity index (χ1v) is 7.01. The summed E-state index contributed by atoms with van der Waals surface area (Å²) in [7, 11) is 0. The van der Waals surface area contributed by atoms with E-state index in [1.807, 2.05) is 6.07 Å². The van der Waals surface area contributed by atoms with Crippen LogP contribution in [0.2, 0.25) is 5.15 Å². The minimum atomic E-state index is -1.04. The molecule has 1 aromatic heterocycles. The quantitative estimate of drug-likeness (QED) is 0.687. The number of rotatable bonds is 4. The number of halogens is 1. The number of anilines is 1. The molecule has 0 aliphatic carbocycles. The average molecular weight is 330 g/mol. The number of nitrogens with one attached hydrogen (secondary N) is 1. The summed E-state index contributed by atoms with van der Waals surface area (Å²) >= 11 is 5.80. The highest BCUT2D eigenvalue weighted by Gasteiger charge is 2.21. The van der Waals surface area contributed by atoms with Gasteiger partial charge in [0, 0.05) is 11.9 Å². The molecule has 1 N–H and O–H groups in total. The zero-order chi connectivity index (χ0) is 16.8. The van der Waals surface area contributed by atoms with Gasteiger partial charge in [0.1, 0.15) is 5.15 Å². The van der Waals surface area contributed by atoms with Crippen LogP contribution in [0.3, 0.4) is 0 Å². The fraction of sp³-hybridized carbons (Fsp3) is 0.125. The number of esters is 1. The van der Waals surface area contributed by atoms with E-state index >= 15 is 0 Å². The van der Waals surface area contributed by atoms with Crippen LogP contribution in [0.15, 0.2) is 42.6 Å². The van der Waals surface area contributed by atoms with Crippen molar-refractivity contribution in [3.8, 4) is 6.07 Å². The standard InChI is InChI=1S/C16H12ClN3O3/c1-10(23-16(22)13-6-3-7-19-14(13)17)15(21)20-12-5-2-4-11(8-12)9-18/h2-8,10H,1H3,(H,20,21)/t10-/m1/s1. The Labute approximate surface area is 137 Å². The lowest BCUT2D eigenvalue weighted by Crippen LogP contribution is -2.30. The molecule has 1 heterocycles. The first kappa shape index (κ1) is 16.5. The number of carbonyl (C=O) groups is 2. The number of nitriles is 1. The van der Waals surface area contributed by atoms with Crippen LogP contribution in [-0.2, 0) is 9.53 Å². The summed E-state index contributed by atoms with van der Waals surface area (Å²) in [5.41, 5.74) is 0.936. The van der Waals surface area contributed by atoms with Crippen LogP contribution in [0.4, 0.5) is 5.69 Å². The lowest BCUT2D eigenvalue weighted by atomic mass is 10.2. The minimum Gasteiger partial charge on any atom is -0.449 e. The van der Waals surface area contributed by atoms with Crippen LogP contribution >= 0.6 is 11.6 Å². The molecule has 6 nitrogen and oxygen atoms in total. The van der Waals surface area contributed by atoms with E-state index in [4.69, 9.17) is 21.6 Å². The Morgan fingerprint density at radius 3 is 2.83 bits per heavy atom. The van der Waals surface area contributed by atoms with Crippen molar-refractivity contribution in [3.05, 3.63) is 58.9 Å². The monoisotopic (exact) mass is 329 g/mol. The van der Waals surface area contributed by atoms with Gasteiger partial charge in [-0.05, 0) is 37.3 Å². The number of nitrogens with zero attached hydrogens (tertiary/aromatic N) is 2. The van der Waals surface area contributed by atoms with Gasteiger partial charge in [0.2, 0.25) is 0 Å². The number of aromatic nitrogens is 1. The Kier molecular flexibility index (Phi) is 5.28. The predicted molar refractivity (Wildman–Crippen MR) is 83.9 cm³/mol. The number of benzene rings is 1. The molecule has 0 aliphatic heterocycles. The summed E-state index contributed by atoms with van der Waals surface area (Å²) < 4.78 is 5.07. The number of ether oxygens (including phenoxy) is 1. The van der Waals surface area contributed by atoms with E-state index in [-0.39, 0.29) is 10.7 Å². The van der Waals surface area contributed by atoms with Gasteiger partial charge < -0.3 is 10.1 Å². The van der Waals surface area contributed by atoms with E-state index in [9.17, 15) is 9.59 Å². The molecule has 1 amide bonds. The van der Waals surface area contributed by atoms with Crippen molar-refractivity contribution in [3.63, 3.8) is 0 Å². The molecule has 7 heteroatoms. The first-order chi connectivity index (χ1) is 11.0. The number of pyridine rings is 1. The van der Waals surface area contributed by atoms with Gasteiger partial charge in [0.15, 0.2) is 6.10 Å². The molecule has 0 saturated heterocycles. The summed E-state index contributed by atoms with van der Waals surface area (Å²) in [6.45, 7) is 1.44. The SMILES string of the molecule is C[C@@H](OC(=O)c1cccnc1Cl)C(=O)Nc1cccc(C#N)c1. The Morgan fingerprint density at radius 1 is 1.35 bits per heavy atom. The molecule has 0 saturated carbocycles. The number of hydrogen-bond acceptors (Lipinski definition) is 5. The highest BCUT2D eigenvalue weighted by atomic mass is 35.5. The van der Waals surface area contributed by atoms with Gasteiger partial charge in [-0.15, -0.1) is 0 Å². The molecule has 1 atom stereocenters. The second-order valence-corrected chi connectivity index (χ2v) is 4.93. The van der Waals surface area contributed by atoms with Gasteiger partial charge in [0.05, 0.1) is 17.2 Å². The van der Waals surface area contributed by atoms with Crippen LogP contribution in [0.1, 0.15) is 22.8 Å². The second kappa shape index (κ2) is 7.38. The van der Waals surface area contributed by atoms with Gasteiger partial charge >= 0.3 is 5.97 Å². The molecule has 116 valence electrons. The second-order valence-electron chi connectivity index (χ2n) is 4.57. The fourth-order valence-corrected chi connectivity index (χ4v) is 1.92. The number of amides is 1. The summed E-state index contributed by atoms with van der Waals surface area (Å²) in [5.74, 6) is -1.26.